The summed E-state index contributed by atoms with van der Waals surface area (Å²) < 4.78 is 5.14. The molecule has 0 saturated carbocycles. The monoisotopic (exact) mass is 357 g/mol. The molecule has 0 aromatic heterocycles. The standard InChI is InChI=1S/C11H20O2.C4H7NO2.C3H4O2/c1-4-7-8-9-10(5-2)13-11(12)6-3;1-3(2-6)4(5)7;1-2-3(4)5/h6,10H,3-5,7-9H2,1-2H3;6H,1-2H2,(H2,5,7);2H,1H2,(H,4,5). The van der Waals surface area contributed by atoms with Crippen molar-refractivity contribution in [1.82, 2.24) is 0 Å². The van der Waals surface area contributed by atoms with Crippen molar-refractivity contribution in [1.29, 1.82) is 0 Å². The molecule has 7 heteroatoms. The van der Waals surface area contributed by atoms with E-state index in [-0.39, 0.29) is 24.3 Å². The Kier molecular flexibility index (Phi) is 21.6. The van der Waals surface area contributed by atoms with E-state index in [1.54, 1.807) is 0 Å². The van der Waals surface area contributed by atoms with Crippen molar-refractivity contribution in [3.63, 3.8) is 0 Å². The van der Waals surface area contributed by atoms with Crippen molar-refractivity contribution >= 4 is 17.8 Å². The summed E-state index contributed by atoms with van der Waals surface area (Å²) in [6.07, 6.45) is 7.56. The topological polar surface area (TPSA) is 127 Å². The molecule has 7 nitrogen and oxygen atoms in total. The van der Waals surface area contributed by atoms with Gasteiger partial charge in [0.25, 0.3) is 0 Å². The molecule has 0 radical (unpaired) electrons. The number of carbonyl (C=O) groups excluding carboxylic acids is 2. The fourth-order valence-electron chi connectivity index (χ4n) is 1.26. The molecule has 0 aliphatic carbocycles. The summed E-state index contributed by atoms with van der Waals surface area (Å²) in [5, 5.41) is 15.7. The highest BCUT2D eigenvalue weighted by molar-refractivity contribution is 5.91. The first-order valence-electron chi connectivity index (χ1n) is 7.96. The van der Waals surface area contributed by atoms with Crippen molar-refractivity contribution in [3.8, 4) is 0 Å². The van der Waals surface area contributed by atoms with Gasteiger partial charge in [-0.1, -0.05) is 46.4 Å². The van der Waals surface area contributed by atoms with Crippen molar-refractivity contribution in [2.24, 2.45) is 5.73 Å². The highest BCUT2D eigenvalue weighted by Gasteiger charge is 2.08. The van der Waals surface area contributed by atoms with Crippen LogP contribution in [0.25, 0.3) is 0 Å². The first-order valence-corrected chi connectivity index (χ1v) is 7.96. The number of carbonyl (C=O) groups is 3. The van der Waals surface area contributed by atoms with E-state index in [0.29, 0.717) is 0 Å². The van der Waals surface area contributed by atoms with E-state index in [9.17, 15) is 14.4 Å². The molecule has 0 spiro atoms. The summed E-state index contributed by atoms with van der Waals surface area (Å²) in [6, 6.07) is 0. The normalized spacial score (nSPS) is 9.88. The lowest BCUT2D eigenvalue weighted by molar-refractivity contribution is -0.143. The fraction of sp³-hybridized carbons (Fsp3) is 0.500. The molecule has 0 aliphatic rings. The van der Waals surface area contributed by atoms with Gasteiger partial charge in [0.05, 0.1) is 6.61 Å². The van der Waals surface area contributed by atoms with E-state index < -0.39 is 11.9 Å². The lowest BCUT2D eigenvalue weighted by Crippen LogP contribution is -2.15. The van der Waals surface area contributed by atoms with Crippen LogP contribution in [0.3, 0.4) is 0 Å². The number of aliphatic hydroxyl groups excluding tert-OH is 1. The predicted molar refractivity (Wildman–Crippen MR) is 97.8 cm³/mol. The third kappa shape index (κ3) is 24.0. The molecule has 0 heterocycles. The number of nitrogens with two attached hydrogens (primary N) is 1. The second kappa shape index (κ2) is 19.6. The molecule has 0 aromatic rings. The Morgan fingerprint density at radius 2 is 1.68 bits per heavy atom. The Morgan fingerprint density at radius 1 is 1.16 bits per heavy atom. The molecule has 1 amide bonds. The van der Waals surface area contributed by atoms with Gasteiger partial charge in [-0.15, -0.1) is 0 Å². The fourth-order valence-corrected chi connectivity index (χ4v) is 1.26. The maximum Gasteiger partial charge on any atom is 0.330 e. The SMILES string of the molecule is C=C(CO)C(N)=O.C=CC(=O)O.C=CC(=O)OC(CC)CCCCC. The minimum Gasteiger partial charge on any atom is -0.478 e. The first-order chi connectivity index (χ1) is 11.7. The van der Waals surface area contributed by atoms with E-state index in [2.05, 4.69) is 32.4 Å². The molecule has 0 saturated heterocycles. The van der Waals surface area contributed by atoms with E-state index in [1.807, 2.05) is 6.92 Å². The van der Waals surface area contributed by atoms with Gasteiger partial charge in [0.2, 0.25) is 5.91 Å². The quantitative estimate of drug-likeness (QED) is 0.313. The maximum atomic E-state index is 10.9. The summed E-state index contributed by atoms with van der Waals surface area (Å²) in [5.41, 5.74) is 4.69. The van der Waals surface area contributed by atoms with E-state index in [0.717, 1.165) is 25.3 Å². The molecule has 0 bridgehead atoms. The van der Waals surface area contributed by atoms with Gasteiger partial charge in [0, 0.05) is 17.7 Å². The molecule has 1 unspecified atom stereocenters. The van der Waals surface area contributed by atoms with Crippen molar-refractivity contribution in [2.45, 2.75) is 52.1 Å². The molecular weight excluding hydrogens is 326 g/mol. The molecule has 25 heavy (non-hydrogen) atoms. The molecule has 4 N–H and O–H groups in total. The molecular formula is C18H31NO6. The number of rotatable bonds is 10. The third-order valence-corrected chi connectivity index (χ3v) is 2.75. The third-order valence-electron chi connectivity index (χ3n) is 2.75. The van der Waals surface area contributed by atoms with Crippen LogP contribution in [0, 0.1) is 0 Å². The Morgan fingerprint density at radius 3 is 1.92 bits per heavy atom. The highest BCUT2D eigenvalue weighted by Crippen LogP contribution is 2.10. The zero-order valence-corrected chi connectivity index (χ0v) is 15.2. The maximum absolute atomic E-state index is 10.9. The Balaban J connectivity index is -0.000000337. The van der Waals surface area contributed by atoms with Gasteiger partial charge in [-0.2, -0.15) is 0 Å². The van der Waals surface area contributed by atoms with Gasteiger partial charge >= 0.3 is 11.9 Å². The summed E-state index contributed by atoms with van der Waals surface area (Å²) in [7, 11) is 0. The first kappa shape index (κ1) is 27.4. The molecule has 1 atom stereocenters. The predicted octanol–water partition coefficient (Wildman–Crippen LogP) is 2.35. The van der Waals surface area contributed by atoms with Gasteiger partial charge in [-0.05, 0) is 19.3 Å². The average molecular weight is 357 g/mol. The van der Waals surface area contributed by atoms with Crippen LogP contribution in [0.2, 0.25) is 0 Å². The summed E-state index contributed by atoms with van der Waals surface area (Å²) in [4.78, 5) is 30.0. The number of hydrogen-bond donors (Lipinski definition) is 3. The zero-order valence-electron chi connectivity index (χ0n) is 15.2. The number of aliphatic carboxylic acids is 1. The lowest BCUT2D eigenvalue weighted by Gasteiger charge is -2.14. The summed E-state index contributed by atoms with van der Waals surface area (Å²) >= 11 is 0. The number of aliphatic hydroxyl groups is 1. The van der Waals surface area contributed by atoms with Gasteiger partial charge in [0.1, 0.15) is 6.10 Å². The van der Waals surface area contributed by atoms with Crippen LogP contribution in [0.1, 0.15) is 46.0 Å². The number of primary amides is 1. The highest BCUT2D eigenvalue weighted by atomic mass is 16.5. The molecule has 144 valence electrons. The van der Waals surface area contributed by atoms with Crippen LogP contribution in [0.15, 0.2) is 37.5 Å². The van der Waals surface area contributed by atoms with Crippen LogP contribution in [0.5, 0.6) is 0 Å². The van der Waals surface area contributed by atoms with E-state index in [1.165, 1.54) is 18.9 Å². The number of ether oxygens (including phenoxy) is 1. The smallest absolute Gasteiger partial charge is 0.330 e. The Labute approximate surface area is 149 Å². The lowest BCUT2D eigenvalue weighted by atomic mass is 10.1. The number of unbranched alkanes of at least 4 members (excludes halogenated alkanes) is 2. The second-order valence-electron chi connectivity index (χ2n) is 4.84. The largest absolute Gasteiger partial charge is 0.478 e. The number of amides is 1. The van der Waals surface area contributed by atoms with E-state index in [4.69, 9.17) is 14.9 Å². The summed E-state index contributed by atoms with van der Waals surface area (Å²) in [5.74, 6) is -1.93. The number of esters is 1. The number of carboxylic acid groups (broad SMARTS) is 1. The Hall–Kier alpha value is -2.41. The van der Waals surface area contributed by atoms with Crippen LogP contribution in [0.4, 0.5) is 0 Å². The van der Waals surface area contributed by atoms with Crippen LogP contribution >= 0.6 is 0 Å². The van der Waals surface area contributed by atoms with Crippen LogP contribution in [-0.2, 0) is 19.1 Å². The van der Waals surface area contributed by atoms with Gasteiger partial charge in [0.15, 0.2) is 0 Å². The second-order valence-corrected chi connectivity index (χ2v) is 4.84. The van der Waals surface area contributed by atoms with Crippen molar-refractivity contribution < 1.29 is 29.3 Å². The minimum absolute atomic E-state index is 0.0417. The number of carboxylic acids is 1. The van der Waals surface area contributed by atoms with Gasteiger partial charge in [-0.25, -0.2) is 9.59 Å². The summed E-state index contributed by atoms with van der Waals surface area (Å²) in [6.45, 7) is 13.3. The van der Waals surface area contributed by atoms with E-state index >= 15 is 0 Å². The molecule has 0 aliphatic heterocycles. The zero-order chi connectivity index (χ0) is 20.3. The van der Waals surface area contributed by atoms with Crippen molar-refractivity contribution in [3.05, 3.63) is 37.5 Å². The molecule has 0 fully saturated rings. The van der Waals surface area contributed by atoms with Gasteiger partial charge < -0.3 is 20.7 Å². The minimum atomic E-state index is -0.981. The van der Waals surface area contributed by atoms with Crippen molar-refractivity contribution in [2.75, 3.05) is 6.61 Å². The van der Waals surface area contributed by atoms with Gasteiger partial charge in [-0.3, -0.25) is 4.79 Å². The van der Waals surface area contributed by atoms with Crippen LogP contribution in [-0.4, -0.2) is 40.8 Å². The molecule has 0 aromatic carbocycles. The number of hydrogen-bond acceptors (Lipinski definition) is 5. The average Bonchev–Trinajstić information content (AvgIpc) is 2.60. The van der Waals surface area contributed by atoms with Crippen LogP contribution < -0.4 is 5.73 Å². The molecule has 0 rings (SSSR count). The Bertz CT molecular complexity index is 431.